The first kappa shape index (κ1) is 14.9. The highest BCUT2D eigenvalue weighted by molar-refractivity contribution is 4.58. The first-order valence-corrected chi connectivity index (χ1v) is 6.39. The van der Waals surface area contributed by atoms with Crippen molar-refractivity contribution in [2.24, 2.45) is 0 Å². The molecule has 3 nitrogen and oxygen atoms in total. The number of aliphatic hydroxyl groups excluding tert-OH is 1. The van der Waals surface area contributed by atoms with Gasteiger partial charge in [-0.05, 0) is 45.4 Å². The molecule has 92 valence electrons. The molecule has 0 spiro atoms. The fraction of sp³-hybridized carbons (Fsp3) is 1.00. The van der Waals surface area contributed by atoms with Crippen molar-refractivity contribution in [1.29, 1.82) is 0 Å². The summed E-state index contributed by atoms with van der Waals surface area (Å²) in [5.41, 5.74) is 0. The Labute approximate surface area is 94.9 Å². The fourth-order valence-corrected chi connectivity index (χ4v) is 1.59. The number of hydrogen-bond acceptors (Lipinski definition) is 3. The van der Waals surface area contributed by atoms with Crippen molar-refractivity contribution in [3.63, 3.8) is 0 Å². The van der Waals surface area contributed by atoms with E-state index < -0.39 is 0 Å². The van der Waals surface area contributed by atoms with Crippen LogP contribution in [0.5, 0.6) is 0 Å². The summed E-state index contributed by atoms with van der Waals surface area (Å²) in [5, 5.41) is 12.3. The van der Waals surface area contributed by atoms with E-state index in [0.29, 0.717) is 0 Å². The van der Waals surface area contributed by atoms with Gasteiger partial charge in [-0.25, -0.2) is 0 Å². The van der Waals surface area contributed by atoms with E-state index in [1.54, 1.807) is 0 Å². The molecule has 3 heteroatoms. The van der Waals surface area contributed by atoms with Crippen LogP contribution in [0.3, 0.4) is 0 Å². The predicted octanol–water partition coefficient (Wildman–Crippen LogP) is 1.47. The van der Waals surface area contributed by atoms with E-state index in [1.165, 1.54) is 25.7 Å². The maximum absolute atomic E-state index is 8.92. The van der Waals surface area contributed by atoms with Crippen LogP contribution >= 0.6 is 0 Å². The monoisotopic (exact) mass is 216 g/mol. The average molecular weight is 216 g/mol. The molecule has 0 aliphatic heterocycles. The molecule has 0 aromatic carbocycles. The zero-order valence-corrected chi connectivity index (χ0v) is 10.5. The lowest BCUT2D eigenvalue weighted by molar-refractivity contribution is 0.192. The highest BCUT2D eigenvalue weighted by Crippen LogP contribution is 1.96. The maximum atomic E-state index is 8.92. The molecule has 0 saturated carbocycles. The van der Waals surface area contributed by atoms with Gasteiger partial charge in [-0.3, -0.25) is 0 Å². The van der Waals surface area contributed by atoms with Crippen LogP contribution in [0.4, 0.5) is 0 Å². The van der Waals surface area contributed by atoms with Crippen molar-refractivity contribution in [1.82, 2.24) is 10.2 Å². The van der Waals surface area contributed by atoms with Crippen molar-refractivity contribution in [2.75, 3.05) is 39.3 Å². The summed E-state index contributed by atoms with van der Waals surface area (Å²) in [6.45, 7) is 9.96. The minimum absolute atomic E-state index is 0.284. The normalized spacial score (nSPS) is 11.2. The van der Waals surface area contributed by atoms with Gasteiger partial charge in [0.25, 0.3) is 0 Å². The van der Waals surface area contributed by atoms with Gasteiger partial charge >= 0.3 is 0 Å². The third-order valence-corrected chi connectivity index (χ3v) is 2.50. The van der Waals surface area contributed by atoms with Crippen molar-refractivity contribution >= 4 is 0 Å². The predicted molar refractivity (Wildman–Crippen MR) is 66.2 cm³/mol. The van der Waals surface area contributed by atoms with E-state index in [0.717, 1.165) is 32.7 Å². The van der Waals surface area contributed by atoms with Crippen LogP contribution < -0.4 is 5.32 Å². The third kappa shape index (κ3) is 10.2. The highest BCUT2D eigenvalue weighted by Gasteiger charge is 2.02. The van der Waals surface area contributed by atoms with Crippen LogP contribution in [-0.2, 0) is 0 Å². The van der Waals surface area contributed by atoms with E-state index in [9.17, 15) is 0 Å². The molecule has 0 aromatic rings. The summed E-state index contributed by atoms with van der Waals surface area (Å²) < 4.78 is 0. The quantitative estimate of drug-likeness (QED) is 0.513. The smallest absolute Gasteiger partial charge is 0.0558 e. The SMILES string of the molecule is CCCCN(CCO)CCCNCCC. The van der Waals surface area contributed by atoms with Crippen LogP contribution in [0.25, 0.3) is 0 Å². The van der Waals surface area contributed by atoms with Gasteiger partial charge in [0, 0.05) is 6.54 Å². The molecule has 0 unspecified atom stereocenters. The van der Waals surface area contributed by atoms with Crippen molar-refractivity contribution < 1.29 is 5.11 Å². The Kier molecular flexibility index (Phi) is 11.9. The van der Waals surface area contributed by atoms with Gasteiger partial charge in [0.05, 0.1) is 6.61 Å². The highest BCUT2D eigenvalue weighted by atomic mass is 16.3. The van der Waals surface area contributed by atoms with Gasteiger partial charge in [0.15, 0.2) is 0 Å². The zero-order chi connectivity index (χ0) is 11.4. The molecular weight excluding hydrogens is 188 g/mol. The van der Waals surface area contributed by atoms with Gasteiger partial charge in [0.2, 0.25) is 0 Å². The van der Waals surface area contributed by atoms with Crippen LogP contribution in [-0.4, -0.2) is 49.3 Å². The van der Waals surface area contributed by atoms with E-state index in [2.05, 4.69) is 24.1 Å². The van der Waals surface area contributed by atoms with E-state index in [1.807, 2.05) is 0 Å². The molecular formula is C12H28N2O. The molecule has 0 fully saturated rings. The van der Waals surface area contributed by atoms with E-state index in [-0.39, 0.29) is 6.61 Å². The van der Waals surface area contributed by atoms with Gasteiger partial charge < -0.3 is 15.3 Å². The summed E-state index contributed by atoms with van der Waals surface area (Å²) in [6, 6.07) is 0. The second kappa shape index (κ2) is 12.0. The lowest BCUT2D eigenvalue weighted by Crippen LogP contribution is -2.31. The summed E-state index contributed by atoms with van der Waals surface area (Å²) in [5.74, 6) is 0. The number of aliphatic hydroxyl groups is 1. The Balaban J connectivity index is 3.38. The van der Waals surface area contributed by atoms with E-state index >= 15 is 0 Å². The summed E-state index contributed by atoms with van der Waals surface area (Å²) >= 11 is 0. The molecule has 0 amide bonds. The minimum Gasteiger partial charge on any atom is -0.395 e. The van der Waals surface area contributed by atoms with Gasteiger partial charge in [-0.2, -0.15) is 0 Å². The molecule has 0 radical (unpaired) electrons. The van der Waals surface area contributed by atoms with Gasteiger partial charge in [-0.15, -0.1) is 0 Å². The fourth-order valence-electron chi connectivity index (χ4n) is 1.59. The molecule has 0 heterocycles. The first-order chi connectivity index (χ1) is 7.35. The Bertz CT molecular complexity index is 120. The van der Waals surface area contributed by atoms with Crippen molar-refractivity contribution in [2.45, 2.75) is 39.5 Å². The molecule has 0 aliphatic rings. The Morgan fingerprint density at radius 3 is 2.27 bits per heavy atom. The summed E-state index contributed by atoms with van der Waals surface area (Å²) in [4.78, 5) is 2.36. The molecule has 0 saturated heterocycles. The number of hydrogen-bond donors (Lipinski definition) is 2. The molecule has 0 aromatic heterocycles. The van der Waals surface area contributed by atoms with Crippen LogP contribution in [0, 0.1) is 0 Å². The van der Waals surface area contributed by atoms with Crippen LogP contribution in [0.15, 0.2) is 0 Å². The number of nitrogens with one attached hydrogen (secondary N) is 1. The molecule has 0 atom stereocenters. The van der Waals surface area contributed by atoms with Gasteiger partial charge in [0.1, 0.15) is 0 Å². The van der Waals surface area contributed by atoms with Crippen LogP contribution in [0.1, 0.15) is 39.5 Å². The van der Waals surface area contributed by atoms with Crippen LogP contribution in [0.2, 0.25) is 0 Å². The third-order valence-electron chi connectivity index (χ3n) is 2.50. The summed E-state index contributed by atoms with van der Waals surface area (Å²) in [6.07, 6.45) is 4.86. The van der Waals surface area contributed by atoms with Crippen molar-refractivity contribution in [3.8, 4) is 0 Å². The number of unbranched alkanes of at least 4 members (excludes halogenated alkanes) is 1. The second-order valence-electron chi connectivity index (χ2n) is 4.02. The van der Waals surface area contributed by atoms with E-state index in [4.69, 9.17) is 5.11 Å². The zero-order valence-electron chi connectivity index (χ0n) is 10.5. The maximum Gasteiger partial charge on any atom is 0.0558 e. The largest absolute Gasteiger partial charge is 0.395 e. The molecule has 2 N–H and O–H groups in total. The second-order valence-corrected chi connectivity index (χ2v) is 4.02. The molecule has 0 rings (SSSR count). The summed E-state index contributed by atoms with van der Waals surface area (Å²) in [7, 11) is 0. The Morgan fingerprint density at radius 2 is 1.67 bits per heavy atom. The average Bonchev–Trinajstić information content (AvgIpc) is 2.25. The Hall–Kier alpha value is -0.120. The van der Waals surface area contributed by atoms with Crippen molar-refractivity contribution in [3.05, 3.63) is 0 Å². The lowest BCUT2D eigenvalue weighted by Gasteiger charge is -2.20. The molecule has 15 heavy (non-hydrogen) atoms. The number of nitrogens with zero attached hydrogens (tertiary/aromatic N) is 1. The topological polar surface area (TPSA) is 35.5 Å². The minimum atomic E-state index is 0.284. The first-order valence-electron chi connectivity index (χ1n) is 6.39. The van der Waals surface area contributed by atoms with Gasteiger partial charge in [-0.1, -0.05) is 20.3 Å². The Morgan fingerprint density at radius 1 is 0.933 bits per heavy atom. The molecule has 0 aliphatic carbocycles. The lowest BCUT2D eigenvalue weighted by atomic mass is 10.3. The standard InChI is InChI=1S/C12H28N2O/c1-3-5-9-14(11-12-15)10-6-8-13-7-4-2/h13,15H,3-12H2,1-2H3. The number of rotatable bonds is 11. The molecule has 0 bridgehead atoms.